The van der Waals surface area contributed by atoms with Crippen LogP contribution < -0.4 is 9.47 Å². The van der Waals surface area contributed by atoms with Crippen molar-refractivity contribution in [2.75, 3.05) is 46.4 Å². The highest BCUT2D eigenvalue weighted by atomic mass is 16.5. The average molecular weight is 444 g/mol. The molecule has 0 radical (unpaired) electrons. The molecule has 1 saturated carbocycles. The van der Waals surface area contributed by atoms with E-state index >= 15 is 0 Å². The molecule has 2 heterocycles. The van der Waals surface area contributed by atoms with Gasteiger partial charge in [0, 0.05) is 51.0 Å². The molecule has 0 unspecified atom stereocenters. The number of likely N-dealkylation sites (tertiary alicyclic amines) is 2. The Morgan fingerprint density at radius 3 is 2.31 bits per heavy atom. The van der Waals surface area contributed by atoms with Crippen LogP contribution in [0.5, 0.6) is 11.5 Å². The number of ether oxygens (including phenoxy) is 2. The summed E-state index contributed by atoms with van der Waals surface area (Å²) in [4.78, 5) is 32.1. The second-order valence-corrected chi connectivity index (χ2v) is 9.19. The molecule has 176 valence electrons. The van der Waals surface area contributed by atoms with Gasteiger partial charge in [-0.3, -0.25) is 14.5 Å². The van der Waals surface area contributed by atoms with Crippen molar-refractivity contribution in [3.05, 3.63) is 23.8 Å². The minimum Gasteiger partial charge on any atom is -0.497 e. The van der Waals surface area contributed by atoms with Crippen molar-refractivity contribution in [1.29, 1.82) is 0 Å². The van der Waals surface area contributed by atoms with E-state index in [0.717, 1.165) is 71.4 Å². The molecule has 0 aromatic heterocycles. The molecule has 1 aromatic rings. The molecule has 0 N–H and O–H groups in total. The van der Waals surface area contributed by atoms with E-state index < -0.39 is 0 Å². The summed E-state index contributed by atoms with van der Waals surface area (Å²) in [7, 11) is 1.61. The van der Waals surface area contributed by atoms with Gasteiger partial charge in [-0.15, -0.1) is 0 Å². The van der Waals surface area contributed by atoms with E-state index in [4.69, 9.17) is 9.47 Å². The van der Waals surface area contributed by atoms with E-state index in [1.807, 2.05) is 21.9 Å². The highest BCUT2D eigenvalue weighted by molar-refractivity contribution is 5.97. The lowest BCUT2D eigenvalue weighted by Gasteiger charge is -2.33. The number of piperidine rings is 1. The molecule has 7 heteroatoms. The Labute approximate surface area is 191 Å². The van der Waals surface area contributed by atoms with Gasteiger partial charge in [0.1, 0.15) is 17.6 Å². The lowest BCUT2D eigenvalue weighted by Crippen LogP contribution is -2.42. The van der Waals surface area contributed by atoms with Gasteiger partial charge in [0.15, 0.2) is 0 Å². The van der Waals surface area contributed by atoms with E-state index in [1.165, 1.54) is 0 Å². The normalized spacial score (nSPS) is 21.8. The van der Waals surface area contributed by atoms with Crippen LogP contribution in [-0.4, -0.2) is 85.0 Å². The molecular formula is C25H37N3O4. The van der Waals surface area contributed by atoms with E-state index in [2.05, 4.69) is 18.7 Å². The minimum absolute atomic E-state index is 0.00917. The van der Waals surface area contributed by atoms with Crippen molar-refractivity contribution in [3.63, 3.8) is 0 Å². The number of carbonyl (C=O) groups is 2. The zero-order valence-electron chi connectivity index (χ0n) is 19.7. The Bertz CT molecular complexity index is 813. The van der Waals surface area contributed by atoms with Crippen LogP contribution in [0, 0.1) is 5.92 Å². The fraction of sp³-hybridized carbons (Fsp3) is 0.680. The van der Waals surface area contributed by atoms with Crippen LogP contribution in [0.4, 0.5) is 0 Å². The minimum atomic E-state index is 0.00917. The highest BCUT2D eigenvalue weighted by Gasteiger charge is 2.36. The van der Waals surface area contributed by atoms with E-state index in [9.17, 15) is 9.59 Å². The highest BCUT2D eigenvalue weighted by Crippen LogP contribution is 2.33. The van der Waals surface area contributed by atoms with Crippen molar-refractivity contribution >= 4 is 11.8 Å². The molecule has 1 atom stereocenters. The maximum absolute atomic E-state index is 13.5. The maximum atomic E-state index is 13.5. The molecule has 1 aromatic carbocycles. The van der Waals surface area contributed by atoms with Gasteiger partial charge in [0.2, 0.25) is 5.91 Å². The third kappa shape index (κ3) is 5.03. The Morgan fingerprint density at radius 1 is 1.00 bits per heavy atom. The molecule has 4 rings (SSSR count). The van der Waals surface area contributed by atoms with Crippen LogP contribution in [0.1, 0.15) is 56.3 Å². The number of hydrogen-bond donors (Lipinski definition) is 0. The molecule has 0 spiro atoms. The van der Waals surface area contributed by atoms with Gasteiger partial charge in [0.25, 0.3) is 5.91 Å². The molecule has 2 aliphatic heterocycles. The molecule has 32 heavy (non-hydrogen) atoms. The van der Waals surface area contributed by atoms with Crippen LogP contribution >= 0.6 is 0 Å². The number of hydrogen-bond acceptors (Lipinski definition) is 5. The van der Waals surface area contributed by atoms with Crippen LogP contribution in [-0.2, 0) is 4.79 Å². The predicted molar refractivity (Wildman–Crippen MR) is 123 cm³/mol. The van der Waals surface area contributed by atoms with Gasteiger partial charge in [0.05, 0.1) is 12.7 Å². The average Bonchev–Trinajstić information content (AvgIpc) is 3.57. The van der Waals surface area contributed by atoms with Crippen LogP contribution in [0.2, 0.25) is 0 Å². The summed E-state index contributed by atoms with van der Waals surface area (Å²) in [6.07, 6.45) is 4.69. The Kier molecular flexibility index (Phi) is 7.23. The smallest absolute Gasteiger partial charge is 0.257 e. The van der Waals surface area contributed by atoms with Gasteiger partial charge < -0.3 is 19.3 Å². The Balaban J connectivity index is 1.42. The number of benzene rings is 1. The Morgan fingerprint density at radius 2 is 1.69 bits per heavy atom. The first-order valence-corrected chi connectivity index (χ1v) is 12.2. The predicted octanol–water partition coefficient (Wildman–Crippen LogP) is 3.03. The molecule has 7 nitrogen and oxygen atoms in total. The van der Waals surface area contributed by atoms with Crippen LogP contribution in [0.3, 0.4) is 0 Å². The van der Waals surface area contributed by atoms with E-state index in [1.54, 1.807) is 13.2 Å². The fourth-order valence-corrected chi connectivity index (χ4v) is 5.00. The van der Waals surface area contributed by atoms with Gasteiger partial charge in [-0.2, -0.15) is 0 Å². The number of carbonyl (C=O) groups excluding carboxylic acids is 2. The van der Waals surface area contributed by atoms with Gasteiger partial charge in [-0.05, 0) is 50.6 Å². The molecule has 3 fully saturated rings. The third-order valence-electron chi connectivity index (χ3n) is 7.17. The standard InChI is InChI=1S/C25H37N3O4/c1-4-26(5-2)19-10-13-28(17-19)25(30)22-16-21(31-3)8-9-23(22)32-20-11-14-27(15-12-20)24(29)18-6-7-18/h8-9,16,18-20H,4-7,10-15,17H2,1-3H3/t19-/m0/s1. The van der Waals surface area contributed by atoms with Crippen molar-refractivity contribution in [2.45, 2.75) is 58.1 Å². The Hall–Kier alpha value is -2.28. The summed E-state index contributed by atoms with van der Waals surface area (Å²) in [5, 5.41) is 0. The molecule has 1 aliphatic carbocycles. The first-order valence-electron chi connectivity index (χ1n) is 12.2. The number of methoxy groups -OCH3 is 1. The van der Waals surface area contributed by atoms with E-state index in [0.29, 0.717) is 29.0 Å². The lowest BCUT2D eigenvalue weighted by molar-refractivity contribution is -0.134. The summed E-state index contributed by atoms with van der Waals surface area (Å²) in [5.74, 6) is 1.86. The fourth-order valence-electron chi connectivity index (χ4n) is 5.00. The molecule has 2 amide bonds. The monoisotopic (exact) mass is 443 g/mol. The summed E-state index contributed by atoms with van der Waals surface area (Å²) in [6.45, 7) is 9.32. The lowest BCUT2D eigenvalue weighted by atomic mass is 10.1. The second-order valence-electron chi connectivity index (χ2n) is 9.19. The maximum Gasteiger partial charge on any atom is 0.257 e. The van der Waals surface area contributed by atoms with Crippen molar-refractivity contribution < 1.29 is 19.1 Å². The number of amides is 2. The zero-order valence-corrected chi connectivity index (χ0v) is 19.7. The summed E-state index contributed by atoms with van der Waals surface area (Å²) in [5.41, 5.74) is 0.570. The molecular weight excluding hydrogens is 406 g/mol. The number of likely N-dealkylation sites (N-methyl/N-ethyl adjacent to an activating group) is 1. The quantitative estimate of drug-likeness (QED) is 0.618. The van der Waals surface area contributed by atoms with Crippen molar-refractivity contribution in [3.8, 4) is 11.5 Å². The summed E-state index contributed by atoms with van der Waals surface area (Å²) < 4.78 is 11.7. The summed E-state index contributed by atoms with van der Waals surface area (Å²) >= 11 is 0. The van der Waals surface area contributed by atoms with Crippen LogP contribution in [0.25, 0.3) is 0 Å². The molecule has 3 aliphatic rings. The van der Waals surface area contributed by atoms with Crippen LogP contribution in [0.15, 0.2) is 18.2 Å². The number of nitrogens with zero attached hydrogens (tertiary/aromatic N) is 3. The van der Waals surface area contributed by atoms with E-state index in [-0.39, 0.29) is 17.9 Å². The van der Waals surface area contributed by atoms with Gasteiger partial charge >= 0.3 is 0 Å². The SMILES string of the molecule is CCN(CC)[C@H]1CCN(C(=O)c2cc(OC)ccc2OC2CCN(C(=O)C3CC3)CC2)C1. The third-order valence-corrected chi connectivity index (χ3v) is 7.17. The first-order chi connectivity index (χ1) is 15.5. The molecule has 0 bridgehead atoms. The largest absolute Gasteiger partial charge is 0.497 e. The zero-order chi connectivity index (χ0) is 22.7. The topological polar surface area (TPSA) is 62.3 Å². The van der Waals surface area contributed by atoms with Crippen molar-refractivity contribution in [1.82, 2.24) is 14.7 Å². The molecule has 2 saturated heterocycles. The number of rotatable bonds is 8. The second kappa shape index (κ2) is 10.1. The van der Waals surface area contributed by atoms with Gasteiger partial charge in [-0.25, -0.2) is 0 Å². The summed E-state index contributed by atoms with van der Waals surface area (Å²) in [6, 6.07) is 5.91. The van der Waals surface area contributed by atoms with Gasteiger partial charge in [-0.1, -0.05) is 13.8 Å². The van der Waals surface area contributed by atoms with Crippen molar-refractivity contribution in [2.24, 2.45) is 5.92 Å². The first kappa shape index (κ1) is 22.9.